The van der Waals surface area contributed by atoms with Gasteiger partial charge in [0.05, 0.1) is 13.7 Å². The quantitative estimate of drug-likeness (QED) is 0.435. The molecule has 0 saturated carbocycles. The van der Waals surface area contributed by atoms with Gasteiger partial charge in [0.1, 0.15) is 11.6 Å². The zero-order valence-electron chi connectivity index (χ0n) is 16.4. The smallest absolute Gasteiger partial charge is 0.191 e. The Bertz CT molecular complexity index is 889. The van der Waals surface area contributed by atoms with Gasteiger partial charge in [0.25, 0.3) is 0 Å². The molecule has 0 saturated heterocycles. The van der Waals surface area contributed by atoms with Crippen molar-refractivity contribution in [2.24, 2.45) is 4.99 Å². The average molecular weight is 378 g/mol. The minimum atomic E-state index is 0.381. The van der Waals surface area contributed by atoms with Crippen molar-refractivity contribution in [3.8, 4) is 17.1 Å². The molecule has 1 unspecified atom stereocenters. The molecule has 1 aromatic heterocycles. The lowest BCUT2D eigenvalue weighted by Crippen LogP contribution is -2.38. The molecule has 3 N–H and O–H groups in total. The number of H-pyrrole nitrogens is 1. The second kappa shape index (κ2) is 9.55. The summed E-state index contributed by atoms with van der Waals surface area (Å²) in [6.07, 6.45) is 0. The highest BCUT2D eigenvalue weighted by molar-refractivity contribution is 5.79. The summed E-state index contributed by atoms with van der Waals surface area (Å²) in [5.41, 5.74) is 2.23. The van der Waals surface area contributed by atoms with Crippen molar-refractivity contribution in [2.75, 3.05) is 20.7 Å². The zero-order valence-corrected chi connectivity index (χ0v) is 16.4. The molecule has 7 heteroatoms. The molecule has 28 heavy (non-hydrogen) atoms. The van der Waals surface area contributed by atoms with Crippen molar-refractivity contribution in [3.63, 3.8) is 0 Å². The minimum absolute atomic E-state index is 0.381. The highest BCUT2D eigenvalue weighted by Gasteiger charge is 2.09. The van der Waals surface area contributed by atoms with Gasteiger partial charge in [-0.25, -0.2) is 4.98 Å². The van der Waals surface area contributed by atoms with Crippen LogP contribution in [0, 0.1) is 0 Å². The normalized spacial score (nSPS) is 12.5. The Morgan fingerprint density at radius 3 is 2.54 bits per heavy atom. The third-order valence-electron chi connectivity index (χ3n) is 4.47. The molecule has 0 radical (unpaired) electrons. The molecule has 0 aliphatic rings. The van der Waals surface area contributed by atoms with Crippen LogP contribution in [-0.2, 0) is 6.54 Å². The number of hydrogen-bond donors (Lipinski definition) is 3. The Kier molecular flexibility index (Phi) is 6.62. The van der Waals surface area contributed by atoms with Crippen molar-refractivity contribution in [1.29, 1.82) is 0 Å². The number of methoxy groups -OCH3 is 1. The first-order chi connectivity index (χ1) is 13.7. The average Bonchev–Trinajstić information content (AvgIpc) is 3.23. The van der Waals surface area contributed by atoms with E-state index in [0.29, 0.717) is 18.3 Å². The van der Waals surface area contributed by atoms with Crippen LogP contribution >= 0.6 is 0 Å². The highest BCUT2D eigenvalue weighted by Crippen LogP contribution is 2.18. The maximum absolute atomic E-state index is 5.18. The van der Waals surface area contributed by atoms with Crippen LogP contribution in [0.4, 0.5) is 0 Å². The van der Waals surface area contributed by atoms with Gasteiger partial charge in [-0.05, 0) is 35.7 Å². The molecule has 1 heterocycles. The Balaban J connectivity index is 1.52. The Labute approximate surface area is 165 Å². The summed E-state index contributed by atoms with van der Waals surface area (Å²) in [6, 6.07) is 18.1. The first kappa shape index (κ1) is 19.4. The van der Waals surface area contributed by atoms with E-state index in [4.69, 9.17) is 4.74 Å². The lowest BCUT2D eigenvalue weighted by Gasteiger charge is -2.15. The molecule has 3 rings (SSSR count). The molecule has 0 amide bonds. The number of aliphatic imine (C=N–C) groups is 1. The van der Waals surface area contributed by atoms with Crippen molar-refractivity contribution in [1.82, 2.24) is 25.8 Å². The van der Waals surface area contributed by atoms with Crippen LogP contribution in [0.1, 0.15) is 24.2 Å². The number of hydrogen-bond acceptors (Lipinski definition) is 4. The lowest BCUT2D eigenvalue weighted by atomic mass is 10.0. The second-order valence-corrected chi connectivity index (χ2v) is 6.45. The van der Waals surface area contributed by atoms with Gasteiger partial charge in [-0.2, -0.15) is 5.10 Å². The maximum Gasteiger partial charge on any atom is 0.191 e. The van der Waals surface area contributed by atoms with E-state index in [1.807, 2.05) is 30.3 Å². The van der Waals surface area contributed by atoms with Crippen LogP contribution in [0.2, 0.25) is 0 Å². The Morgan fingerprint density at radius 2 is 1.86 bits per heavy atom. The van der Waals surface area contributed by atoms with E-state index >= 15 is 0 Å². The van der Waals surface area contributed by atoms with Gasteiger partial charge < -0.3 is 15.4 Å². The van der Waals surface area contributed by atoms with Crippen molar-refractivity contribution < 1.29 is 4.74 Å². The molecule has 1 atom stereocenters. The van der Waals surface area contributed by atoms with Gasteiger partial charge in [-0.1, -0.05) is 37.3 Å². The van der Waals surface area contributed by atoms with Gasteiger partial charge in [0.2, 0.25) is 0 Å². The Morgan fingerprint density at radius 1 is 1.11 bits per heavy atom. The molecular formula is C21H26N6O. The van der Waals surface area contributed by atoms with Gasteiger partial charge in [-0.15, -0.1) is 0 Å². The van der Waals surface area contributed by atoms with Crippen LogP contribution in [0.5, 0.6) is 5.75 Å². The number of aromatic nitrogens is 3. The van der Waals surface area contributed by atoms with E-state index in [2.05, 4.69) is 62.0 Å². The van der Waals surface area contributed by atoms with Crippen LogP contribution < -0.4 is 15.4 Å². The number of nitrogens with zero attached hydrogens (tertiary/aromatic N) is 3. The van der Waals surface area contributed by atoms with Crippen LogP contribution in [-0.4, -0.2) is 41.8 Å². The summed E-state index contributed by atoms with van der Waals surface area (Å²) in [4.78, 5) is 8.80. The highest BCUT2D eigenvalue weighted by atomic mass is 16.5. The first-order valence-corrected chi connectivity index (χ1v) is 9.24. The van der Waals surface area contributed by atoms with Gasteiger partial charge >= 0.3 is 0 Å². The molecule has 0 spiro atoms. The predicted molar refractivity (Wildman–Crippen MR) is 111 cm³/mol. The fourth-order valence-electron chi connectivity index (χ4n) is 2.78. The maximum atomic E-state index is 5.18. The van der Waals surface area contributed by atoms with Gasteiger partial charge in [-0.3, -0.25) is 10.1 Å². The summed E-state index contributed by atoms with van der Waals surface area (Å²) in [5.74, 6) is 3.31. The standard InChI is InChI=1S/C21H26N6O/c1-15(16-7-5-4-6-8-16)13-23-21(22-2)24-14-19-25-20(27-26-19)17-9-11-18(28-3)12-10-17/h4-12,15H,13-14H2,1-3H3,(H2,22,23,24)(H,25,26,27). The van der Waals surface area contributed by atoms with Crippen LogP contribution in [0.25, 0.3) is 11.4 Å². The molecule has 0 aliphatic heterocycles. The molecule has 0 aliphatic carbocycles. The number of nitrogens with one attached hydrogen (secondary N) is 3. The summed E-state index contributed by atoms with van der Waals surface area (Å²) < 4.78 is 5.18. The Hall–Kier alpha value is -3.35. The van der Waals surface area contributed by atoms with E-state index in [1.54, 1.807) is 14.2 Å². The third kappa shape index (κ3) is 5.09. The third-order valence-corrected chi connectivity index (χ3v) is 4.47. The number of rotatable bonds is 7. The second-order valence-electron chi connectivity index (χ2n) is 6.45. The fraction of sp³-hybridized carbons (Fsp3) is 0.286. The van der Waals surface area contributed by atoms with Crippen molar-refractivity contribution >= 4 is 5.96 Å². The molecule has 146 valence electrons. The largest absolute Gasteiger partial charge is 0.497 e. The minimum Gasteiger partial charge on any atom is -0.497 e. The van der Waals surface area contributed by atoms with E-state index in [1.165, 1.54) is 5.56 Å². The summed E-state index contributed by atoms with van der Waals surface area (Å²) >= 11 is 0. The molecule has 3 aromatic rings. The molecular weight excluding hydrogens is 352 g/mol. The van der Waals surface area contributed by atoms with Gasteiger partial charge in [0.15, 0.2) is 11.8 Å². The van der Waals surface area contributed by atoms with E-state index in [0.717, 1.165) is 29.6 Å². The van der Waals surface area contributed by atoms with Crippen molar-refractivity contribution in [2.45, 2.75) is 19.4 Å². The van der Waals surface area contributed by atoms with E-state index in [9.17, 15) is 0 Å². The van der Waals surface area contributed by atoms with Crippen LogP contribution in [0.15, 0.2) is 59.6 Å². The van der Waals surface area contributed by atoms with Crippen molar-refractivity contribution in [3.05, 3.63) is 66.0 Å². The SMILES string of the molecule is CN=C(NCc1nc(-c2ccc(OC)cc2)n[nH]1)NCC(C)c1ccccc1. The molecule has 0 bridgehead atoms. The molecule has 7 nitrogen and oxygen atoms in total. The topological polar surface area (TPSA) is 87.2 Å². The van der Waals surface area contributed by atoms with E-state index in [-0.39, 0.29) is 0 Å². The number of aromatic amines is 1. The number of benzene rings is 2. The van der Waals surface area contributed by atoms with Crippen LogP contribution in [0.3, 0.4) is 0 Å². The fourth-order valence-corrected chi connectivity index (χ4v) is 2.78. The molecule has 2 aromatic carbocycles. The first-order valence-electron chi connectivity index (χ1n) is 9.24. The van der Waals surface area contributed by atoms with Gasteiger partial charge in [0, 0.05) is 19.2 Å². The summed E-state index contributed by atoms with van der Waals surface area (Å²) in [7, 11) is 3.40. The monoisotopic (exact) mass is 378 g/mol. The molecule has 0 fully saturated rings. The summed E-state index contributed by atoms with van der Waals surface area (Å²) in [6.45, 7) is 3.48. The number of guanidine groups is 1. The lowest BCUT2D eigenvalue weighted by molar-refractivity contribution is 0.415. The zero-order chi connectivity index (χ0) is 19.8. The predicted octanol–water partition coefficient (Wildman–Crippen LogP) is 2.95. The van der Waals surface area contributed by atoms with E-state index < -0.39 is 0 Å². The number of ether oxygens (including phenoxy) is 1. The summed E-state index contributed by atoms with van der Waals surface area (Å²) in [5, 5.41) is 13.9.